The zero-order chi connectivity index (χ0) is 24.4. The Hall–Kier alpha value is -3.55. The van der Waals surface area contributed by atoms with Crippen molar-refractivity contribution in [3.63, 3.8) is 0 Å². The highest BCUT2D eigenvalue weighted by Crippen LogP contribution is 2.23. The zero-order valence-corrected chi connectivity index (χ0v) is 20.2. The molecule has 1 aliphatic heterocycles. The number of ether oxygens (including phenoxy) is 1. The summed E-state index contributed by atoms with van der Waals surface area (Å²) in [6.45, 7) is 2.40. The molecule has 1 aliphatic rings. The van der Waals surface area contributed by atoms with Crippen LogP contribution in [0.5, 0.6) is 5.75 Å². The number of halogens is 2. The number of carbonyl (C=O) groups is 1. The Kier molecular flexibility index (Phi) is 6.61. The molecule has 5 rings (SSSR count). The molecule has 0 radical (unpaired) electrons. The second-order valence-corrected chi connectivity index (χ2v) is 9.08. The number of nitrogens with zero attached hydrogens (tertiary/aromatic N) is 3. The second-order valence-electron chi connectivity index (χ2n) is 8.24. The molecule has 35 heavy (non-hydrogen) atoms. The Morgan fingerprint density at radius 2 is 1.77 bits per heavy atom. The summed E-state index contributed by atoms with van der Waals surface area (Å²) in [6, 6.07) is 19.6. The average Bonchev–Trinajstić information content (AvgIpc) is 2.87. The molecule has 1 saturated heterocycles. The van der Waals surface area contributed by atoms with E-state index in [0.717, 1.165) is 5.56 Å². The van der Waals surface area contributed by atoms with Gasteiger partial charge in [-0.15, -0.1) is 0 Å². The van der Waals surface area contributed by atoms with E-state index >= 15 is 0 Å². The first-order valence-electron chi connectivity index (χ1n) is 11.2. The van der Waals surface area contributed by atoms with Gasteiger partial charge in [0, 0.05) is 47.4 Å². The fourth-order valence-electron chi connectivity index (χ4n) is 4.04. The number of fused-ring (bicyclic) bond motifs is 1. The number of benzene rings is 3. The highest BCUT2D eigenvalue weighted by atomic mass is 35.5. The van der Waals surface area contributed by atoms with Gasteiger partial charge in [0.1, 0.15) is 12.4 Å². The van der Waals surface area contributed by atoms with Crippen molar-refractivity contribution in [2.24, 2.45) is 0 Å². The molecule has 3 aromatic carbocycles. The number of aromatic amines is 1. The van der Waals surface area contributed by atoms with Crippen LogP contribution < -0.4 is 15.2 Å². The third-order valence-electron chi connectivity index (χ3n) is 5.96. The maximum Gasteiger partial charge on any atom is 0.260 e. The molecule has 0 unspecified atom stereocenters. The topological polar surface area (TPSA) is 78.5 Å². The van der Waals surface area contributed by atoms with Crippen molar-refractivity contribution in [1.82, 2.24) is 14.9 Å². The van der Waals surface area contributed by atoms with E-state index in [1.807, 2.05) is 35.2 Å². The number of piperazine rings is 1. The van der Waals surface area contributed by atoms with Crippen LogP contribution in [-0.2, 0) is 6.61 Å². The van der Waals surface area contributed by atoms with Crippen LogP contribution >= 0.6 is 23.2 Å². The fourth-order valence-corrected chi connectivity index (χ4v) is 4.46. The van der Waals surface area contributed by atoms with Crippen molar-refractivity contribution in [2.45, 2.75) is 6.61 Å². The van der Waals surface area contributed by atoms with Crippen molar-refractivity contribution in [2.75, 3.05) is 31.1 Å². The highest BCUT2D eigenvalue weighted by molar-refractivity contribution is 6.31. The monoisotopic (exact) mass is 508 g/mol. The number of nitrogens with one attached hydrogen (secondary N) is 1. The van der Waals surface area contributed by atoms with Crippen LogP contribution in [0.2, 0.25) is 10.0 Å². The molecule has 2 heterocycles. The number of para-hydroxylation sites is 1. The van der Waals surface area contributed by atoms with Gasteiger partial charge < -0.3 is 14.5 Å². The molecule has 1 aromatic heterocycles. The zero-order valence-electron chi connectivity index (χ0n) is 18.7. The van der Waals surface area contributed by atoms with Crippen molar-refractivity contribution < 1.29 is 9.53 Å². The van der Waals surface area contributed by atoms with E-state index in [-0.39, 0.29) is 18.1 Å². The molecule has 0 atom stereocenters. The van der Waals surface area contributed by atoms with E-state index in [1.54, 1.807) is 41.3 Å². The smallest absolute Gasteiger partial charge is 0.260 e. The number of H-pyrrole nitrogens is 1. The summed E-state index contributed by atoms with van der Waals surface area (Å²) < 4.78 is 5.76. The molecule has 9 heteroatoms. The molecule has 7 nitrogen and oxygen atoms in total. The van der Waals surface area contributed by atoms with E-state index < -0.39 is 0 Å². The number of aromatic nitrogens is 2. The Labute approximate surface area is 211 Å². The SMILES string of the molecule is O=C(c1ccc(COc2cccc(Cl)c2)c(Cl)c1)N1CCN(c2nc3ccccc3c(=O)[nH]2)CC1. The summed E-state index contributed by atoms with van der Waals surface area (Å²) in [7, 11) is 0. The first kappa shape index (κ1) is 23.2. The summed E-state index contributed by atoms with van der Waals surface area (Å²) in [4.78, 5) is 36.7. The molecular formula is C26H22Cl2N4O3. The molecule has 0 spiro atoms. The molecule has 0 aliphatic carbocycles. The van der Waals surface area contributed by atoms with Crippen molar-refractivity contribution in [1.29, 1.82) is 0 Å². The molecule has 1 fully saturated rings. The first-order chi connectivity index (χ1) is 17.0. The maximum atomic E-state index is 13.1. The molecule has 1 amide bonds. The van der Waals surface area contributed by atoms with Gasteiger partial charge in [-0.2, -0.15) is 0 Å². The Morgan fingerprint density at radius 1 is 0.971 bits per heavy atom. The van der Waals surface area contributed by atoms with Gasteiger partial charge in [0.05, 0.1) is 10.9 Å². The summed E-state index contributed by atoms with van der Waals surface area (Å²) in [6.07, 6.45) is 0. The van der Waals surface area contributed by atoms with Gasteiger partial charge in [0.15, 0.2) is 0 Å². The van der Waals surface area contributed by atoms with Crippen LogP contribution in [0.25, 0.3) is 10.9 Å². The standard InChI is InChI=1S/C26H22Cl2N4O3/c27-19-4-3-5-20(15-19)35-16-18-9-8-17(14-22(18)28)25(34)31-10-12-32(13-11-31)26-29-23-7-2-1-6-21(23)24(33)30-26/h1-9,14-15H,10-13,16H2,(H,29,30,33). The minimum Gasteiger partial charge on any atom is -0.489 e. The van der Waals surface area contributed by atoms with Crippen LogP contribution in [0, 0.1) is 0 Å². The van der Waals surface area contributed by atoms with Gasteiger partial charge >= 0.3 is 0 Å². The number of anilines is 1. The van der Waals surface area contributed by atoms with Gasteiger partial charge in [-0.3, -0.25) is 14.6 Å². The van der Waals surface area contributed by atoms with Crippen LogP contribution in [0.15, 0.2) is 71.5 Å². The number of hydrogen-bond donors (Lipinski definition) is 1. The van der Waals surface area contributed by atoms with Gasteiger partial charge in [0.2, 0.25) is 5.95 Å². The molecule has 1 N–H and O–H groups in total. The summed E-state index contributed by atoms with van der Waals surface area (Å²) >= 11 is 12.4. The van der Waals surface area contributed by atoms with Gasteiger partial charge in [-0.25, -0.2) is 4.98 Å². The lowest BCUT2D eigenvalue weighted by molar-refractivity contribution is 0.0746. The highest BCUT2D eigenvalue weighted by Gasteiger charge is 2.24. The minimum absolute atomic E-state index is 0.0891. The predicted octanol–water partition coefficient (Wildman–Crippen LogP) is 4.77. The average molecular weight is 509 g/mol. The van der Waals surface area contributed by atoms with E-state index in [0.29, 0.717) is 64.4 Å². The molecule has 178 valence electrons. The van der Waals surface area contributed by atoms with E-state index in [2.05, 4.69) is 9.97 Å². The third-order valence-corrected chi connectivity index (χ3v) is 6.54. The predicted molar refractivity (Wildman–Crippen MR) is 138 cm³/mol. The Balaban J connectivity index is 1.22. The lowest BCUT2D eigenvalue weighted by atomic mass is 10.1. The van der Waals surface area contributed by atoms with Crippen molar-refractivity contribution >= 4 is 46.0 Å². The largest absolute Gasteiger partial charge is 0.489 e. The summed E-state index contributed by atoms with van der Waals surface area (Å²) in [5, 5.41) is 1.62. The minimum atomic E-state index is -0.168. The van der Waals surface area contributed by atoms with Crippen LogP contribution in [0.4, 0.5) is 5.95 Å². The molecule has 4 aromatic rings. The number of amides is 1. The second kappa shape index (κ2) is 9.98. The molecule has 0 saturated carbocycles. The summed E-state index contributed by atoms with van der Waals surface area (Å²) in [5.74, 6) is 1.08. The van der Waals surface area contributed by atoms with E-state index in [1.165, 1.54) is 0 Å². The molecular weight excluding hydrogens is 487 g/mol. The number of rotatable bonds is 5. The van der Waals surface area contributed by atoms with Gasteiger partial charge in [-0.1, -0.05) is 47.5 Å². The van der Waals surface area contributed by atoms with Gasteiger partial charge in [-0.05, 0) is 42.5 Å². The number of carbonyl (C=O) groups excluding carboxylic acids is 1. The van der Waals surface area contributed by atoms with Crippen LogP contribution in [-0.4, -0.2) is 47.0 Å². The lowest BCUT2D eigenvalue weighted by Gasteiger charge is -2.35. The Bertz CT molecular complexity index is 1450. The quantitative estimate of drug-likeness (QED) is 0.420. The first-order valence-corrected chi connectivity index (χ1v) is 11.9. The van der Waals surface area contributed by atoms with Crippen LogP contribution in [0.1, 0.15) is 15.9 Å². The maximum absolute atomic E-state index is 13.1. The normalized spacial score (nSPS) is 13.8. The van der Waals surface area contributed by atoms with Crippen LogP contribution in [0.3, 0.4) is 0 Å². The summed E-state index contributed by atoms with van der Waals surface area (Å²) in [5.41, 5.74) is 1.78. The van der Waals surface area contributed by atoms with E-state index in [9.17, 15) is 9.59 Å². The van der Waals surface area contributed by atoms with Crippen molar-refractivity contribution in [3.05, 3.63) is 98.3 Å². The molecule has 0 bridgehead atoms. The number of hydrogen-bond acceptors (Lipinski definition) is 5. The van der Waals surface area contributed by atoms with Gasteiger partial charge in [0.25, 0.3) is 11.5 Å². The van der Waals surface area contributed by atoms with E-state index in [4.69, 9.17) is 27.9 Å². The van der Waals surface area contributed by atoms with Crippen molar-refractivity contribution in [3.8, 4) is 5.75 Å². The lowest BCUT2D eigenvalue weighted by Crippen LogP contribution is -2.49. The third kappa shape index (κ3) is 5.11. The fraction of sp³-hybridized carbons (Fsp3) is 0.192. The Morgan fingerprint density at radius 3 is 2.54 bits per heavy atom.